The lowest BCUT2D eigenvalue weighted by Crippen LogP contribution is -2.30. The Kier molecular flexibility index (Phi) is 5.22. The zero-order valence-electron chi connectivity index (χ0n) is 14.8. The minimum Gasteiger partial charge on any atom is -0.454 e. The number of hydrogen-bond acceptors (Lipinski definition) is 3. The second-order valence-electron chi connectivity index (χ2n) is 7.17. The van der Waals surface area contributed by atoms with E-state index in [1.54, 1.807) is 0 Å². The van der Waals surface area contributed by atoms with Crippen LogP contribution in [0, 0.1) is 5.92 Å². The molecule has 4 rings (SSSR count). The molecule has 0 amide bonds. The lowest BCUT2D eigenvalue weighted by atomic mass is 9.90. The first kappa shape index (κ1) is 16.5. The zero-order chi connectivity index (χ0) is 16.9. The Morgan fingerprint density at radius 3 is 2.52 bits per heavy atom. The fourth-order valence-corrected chi connectivity index (χ4v) is 4.03. The van der Waals surface area contributed by atoms with Gasteiger partial charge in [-0.25, -0.2) is 0 Å². The molecule has 3 nitrogen and oxygen atoms in total. The van der Waals surface area contributed by atoms with Crippen molar-refractivity contribution in [1.29, 1.82) is 0 Å². The lowest BCUT2D eigenvalue weighted by molar-refractivity contribution is 0.173. The molecule has 25 heavy (non-hydrogen) atoms. The van der Waals surface area contributed by atoms with E-state index in [-0.39, 0.29) is 0 Å². The number of piperidine rings is 1. The monoisotopic (exact) mass is 337 g/mol. The van der Waals surface area contributed by atoms with Crippen LogP contribution in [-0.2, 0) is 19.3 Å². The summed E-state index contributed by atoms with van der Waals surface area (Å²) in [5, 5.41) is 3.53. The highest BCUT2D eigenvalue weighted by atomic mass is 16.7. The van der Waals surface area contributed by atoms with Crippen LogP contribution in [0.1, 0.15) is 36.0 Å². The van der Waals surface area contributed by atoms with Gasteiger partial charge in [0.15, 0.2) is 11.5 Å². The van der Waals surface area contributed by atoms with Crippen molar-refractivity contribution in [2.75, 3.05) is 19.9 Å². The van der Waals surface area contributed by atoms with Gasteiger partial charge in [0.2, 0.25) is 6.79 Å². The SMILES string of the molecule is c1ccc(CCC2CCCNC2)c(CCc2cccc3c2OCO3)c1. The maximum absolute atomic E-state index is 5.65. The molecule has 0 aromatic heterocycles. The number of aryl methyl sites for hydroxylation is 3. The summed E-state index contributed by atoms with van der Waals surface area (Å²) in [6, 6.07) is 15.1. The van der Waals surface area contributed by atoms with Crippen LogP contribution >= 0.6 is 0 Å². The summed E-state index contributed by atoms with van der Waals surface area (Å²) in [7, 11) is 0. The molecular formula is C22H27NO2. The van der Waals surface area contributed by atoms with Crippen LogP contribution in [0.25, 0.3) is 0 Å². The average Bonchev–Trinajstić information content (AvgIpc) is 3.15. The highest BCUT2D eigenvalue weighted by Crippen LogP contribution is 2.36. The fourth-order valence-electron chi connectivity index (χ4n) is 4.03. The fraction of sp³-hybridized carbons (Fsp3) is 0.455. The Labute approximate surface area is 150 Å². The van der Waals surface area contributed by atoms with Crippen molar-refractivity contribution in [3.8, 4) is 11.5 Å². The molecule has 0 spiro atoms. The van der Waals surface area contributed by atoms with Crippen LogP contribution in [0.3, 0.4) is 0 Å². The molecule has 2 aliphatic heterocycles. The smallest absolute Gasteiger partial charge is 0.231 e. The first-order valence-electron chi connectivity index (χ1n) is 9.55. The molecule has 2 aromatic rings. The normalized spacial score (nSPS) is 19.1. The Hall–Kier alpha value is -2.00. The van der Waals surface area contributed by atoms with Gasteiger partial charge in [0.1, 0.15) is 0 Å². The predicted molar refractivity (Wildman–Crippen MR) is 100 cm³/mol. The molecule has 0 saturated carbocycles. The molecule has 2 aliphatic rings. The molecule has 0 radical (unpaired) electrons. The van der Waals surface area contributed by atoms with E-state index in [4.69, 9.17) is 9.47 Å². The van der Waals surface area contributed by atoms with Crippen LogP contribution < -0.4 is 14.8 Å². The molecule has 1 atom stereocenters. The van der Waals surface area contributed by atoms with Crippen LogP contribution in [0.4, 0.5) is 0 Å². The summed E-state index contributed by atoms with van der Waals surface area (Å²) in [5.74, 6) is 2.66. The Balaban J connectivity index is 1.40. The number of ether oxygens (including phenoxy) is 2. The topological polar surface area (TPSA) is 30.5 Å². The van der Waals surface area contributed by atoms with E-state index in [0.29, 0.717) is 6.79 Å². The van der Waals surface area contributed by atoms with E-state index in [1.165, 1.54) is 55.5 Å². The molecule has 0 aliphatic carbocycles. The van der Waals surface area contributed by atoms with E-state index in [2.05, 4.69) is 41.7 Å². The molecule has 0 bridgehead atoms. The summed E-state index contributed by atoms with van der Waals surface area (Å²) in [5.41, 5.74) is 4.24. The third-order valence-corrected chi connectivity index (χ3v) is 5.48. The molecule has 1 fully saturated rings. The average molecular weight is 337 g/mol. The molecule has 1 unspecified atom stereocenters. The maximum Gasteiger partial charge on any atom is 0.231 e. The molecule has 2 heterocycles. The third-order valence-electron chi connectivity index (χ3n) is 5.48. The van der Waals surface area contributed by atoms with Crippen molar-refractivity contribution < 1.29 is 9.47 Å². The minimum atomic E-state index is 0.346. The molecule has 2 aromatic carbocycles. The van der Waals surface area contributed by atoms with Crippen LogP contribution in [-0.4, -0.2) is 19.9 Å². The van der Waals surface area contributed by atoms with Gasteiger partial charge >= 0.3 is 0 Å². The van der Waals surface area contributed by atoms with Gasteiger partial charge in [0.05, 0.1) is 0 Å². The lowest BCUT2D eigenvalue weighted by Gasteiger charge is -2.23. The highest BCUT2D eigenvalue weighted by molar-refractivity contribution is 5.48. The van der Waals surface area contributed by atoms with Gasteiger partial charge in [-0.1, -0.05) is 36.4 Å². The summed E-state index contributed by atoms with van der Waals surface area (Å²) >= 11 is 0. The maximum atomic E-state index is 5.65. The van der Waals surface area contributed by atoms with Crippen molar-refractivity contribution in [3.63, 3.8) is 0 Å². The number of fused-ring (bicyclic) bond motifs is 1. The summed E-state index contributed by atoms with van der Waals surface area (Å²) in [4.78, 5) is 0. The van der Waals surface area contributed by atoms with Crippen molar-refractivity contribution in [2.45, 2.75) is 38.5 Å². The van der Waals surface area contributed by atoms with Gasteiger partial charge in [-0.15, -0.1) is 0 Å². The highest BCUT2D eigenvalue weighted by Gasteiger charge is 2.17. The van der Waals surface area contributed by atoms with Gasteiger partial charge in [-0.2, -0.15) is 0 Å². The van der Waals surface area contributed by atoms with Crippen LogP contribution in [0.15, 0.2) is 42.5 Å². The molecule has 3 heteroatoms. The molecule has 1 saturated heterocycles. The van der Waals surface area contributed by atoms with E-state index in [9.17, 15) is 0 Å². The van der Waals surface area contributed by atoms with E-state index in [1.807, 2.05) is 6.07 Å². The summed E-state index contributed by atoms with van der Waals surface area (Å²) in [6.07, 6.45) is 7.24. The van der Waals surface area contributed by atoms with Gasteiger partial charge in [0, 0.05) is 0 Å². The van der Waals surface area contributed by atoms with E-state index in [0.717, 1.165) is 30.3 Å². The largest absolute Gasteiger partial charge is 0.454 e. The second-order valence-corrected chi connectivity index (χ2v) is 7.17. The van der Waals surface area contributed by atoms with E-state index >= 15 is 0 Å². The van der Waals surface area contributed by atoms with Crippen molar-refractivity contribution in [1.82, 2.24) is 5.32 Å². The number of benzene rings is 2. The quantitative estimate of drug-likeness (QED) is 0.859. The van der Waals surface area contributed by atoms with Gasteiger partial charge in [-0.05, 0) is 80.3 Å². The van der Waals surface area contributed by atoms with Crippen molar-refractivity contribution in [3.05, 3.63) is 59.2 Å². The molecular weight excluding hydrogens is 310 g/mol. The third kappa shape index (κ3) is 3.98. The summed E-state index contributed by atoms with van der Waals surface area (Å²) in [6.45, 7) is 2.73. The molecule has 132 valence electrons. The van der Waals surface area contributed by atoms with Crippen LogP contribution in [0.2, 0.25) is 0 Å². The first-order valence-corrected chi connectivity index (χ1v) is 9.55. The van der Waals surface area contributed by atoms with Crippen LogP contribution in [0.5, 0.6) is 11.5 Å². The number of rotatable bonds is 6. The molecule has 1 N–H and O–H groups in total. The number of nitrogens with one attached hydrogen (secondary N) is 1. The van der Waals surface area contributed by atoms with Gasteiger partial charge in [0.25, 0.3) is 0 Å². The Morgan fingerprint density at radius 2 is 1.68 bits per heavy atom. The van der Waals surface area contributed by atoms with E-state index < -0.39 is 0 Å². The van der Waals surface area contributed by atoms with Gasteiger partial charge < -0.3 is 14.8 Å². The standard InChI is InChI=1S/C22H27NO2/c1-2-7-19(18(6-1)11-10-17-5-4-14-23-15-17)12-13-20-8-3-9-21-22(20)25-16-24-21/h1-3,6-9,17,23H,4-5,10-16H2. The Morgan fingerprint density at radius 1 is 0.880 bits per heavy atom. The second kappa shape index (κ2) is 7.92. The number of para-hydroxylation sites is 1. The van der Waals surface area contributed by atoms with Crippen molar-refractivity contribution >= 4 is 0 Å². The first-order chi connectivity index (χ1) is 12.4. The minimum absolute atomic E-state index is 0.346. The van der Waals surface area contributed by atoms with Gasteiger partial charge in [-0.3, -0.25) is 0 Å². The van der Waals surface area contributed by atoms with Crippen molar-refractivity contribution in [2.24, 2.45) is 5.92 Å². The number of hydrogen-bond donors (Lipinski definition) is 1. The Bertz CT molecular complexity index is 707. The summed E-state index contributed by atoms with van der Waals surface area (Å²) < 4.78 is 11.1. The predicted octanol–water partition coefficient (Wildman–Crippen LogP) is 4.13. The zero-order valence-corrected chi connectivity index (χ0v) is 14.8.